The number of piperidine rings is 1. The van der Waals surface area contributed by atoms with Gasteiger partial charge in [0.1, 0.15) is 6.42 Å². The summed E-state index contributed by atoms with van der Waals surface area (Å²) in [6.45, 7) is 1.67. The average Bonchev–Trinajstić information content (AvgIpc) is 2.65. The van der Waals surface area contributed by atoms with Crippen molar-refractivity contribution in [3.8, 4) is 0 Å². The quantitative estimate of drug-likeness (QED) is 0.754. The Hall–Kier alpha value is -1.59. The van der Waals surface area contributed by atoms with Gasteiger partial charge in [-0.1, -0.05) is 5.10 Å². The Morgan fingerprint density at radius 3 is 2.67 bits per heavy atom. The van der Waals surface area contributed by atoms with Gasteiger partial charge in [-0.15, -0.1) is 5.10 Å². The summed E-state index contributed by atoms with van der Waals surface area (Å²) in [4.78, 5) is 13.6. The molecule has 0 unspecified atom stereocenters. The van der Waals surface area contributed by atoms with Crippen LogP contribution in [0.1, 0.15) is 25.2 Å². The molecule has 0 aromatic carbocycles. The van der Waals surface area contributed by atoms with Gasteiger partial charge in [0.15, 0.2) is 0 Å². The molecule has 0 spiro atoms. The summed E-state index contributed by atoms with van der Waals surface area (Å²) in [7, 11) is 0. The third-order valence-electron chi connectivity index (χ3n) is 2.49. The van der Waals surface area contributed by atoms with Gasteiger partial charge in [0.2, 0.25) is 11.8 Å². The highest BCUT2D eigenvalue weighted by atomic mass is 16.4. The second-order valence-electron chi connectivity index (χ2n) is 3.65. The molecule has 0 saturated carbocycles. The lowest BCUT2D eigenvalue weighted by Gasteiger charge is -2.26. The standard InChI is InChI=1S/C9H14N4O2/c10-9-12-11-7(15-9)6-8(14)13-4-2-1-3-5-13/h1-6H2,(H2,10,12). The van der Waals surface area contributed by atoms with Gasteiger partial charge in [-0.3, -0.25) is 4.79 Å². The first-order valence-electron chi connectivity index (χ1n) is 5.11. The predicted octanol–water partition coefficient (Wildman–Crippen LogP) is 0.207. The van der Waals surface area contributed by atoms with Gasteiger partial charge >= 0.3 is 6.01 Å². The molecule has 82 valence electrons. The summed E-state index contributed by atoms with van der Waals surface area (Å²) in [5.74, 6) is 0.335. The van der Waals surface area contributed by atoms with Crippen LogP contribution in [0.4, 0.5) is 6.01 Å². The van der Waals surface area contributed by atoms with Crippen LogP contribution in [0.15, 0.2) is 4.42 Å². The van der Waals surface area contributed by atoms with Crippen molar-refractivity contribution in [2.24, 2.45) is 0 Å². The maximum atomic E-state index is 11.7. The number of rotatable bonds is 2. The van der Waals surface area contributed by atoms with E-state index in [1.165, 1.54) is 6.42 Å². The molecule has 2 rings (SSSR count). The number of aromatic nitrogens is 2. The lowest BCUT2D eigenvalue weighted by molar-refractivity contribution is -0.131. The monoisotopic (exact) mass is 210 g/mol. The Morgan fingerprint density at radius 1 is 1.33 bits per heavy atom. The van der Waals surface area contributed by atoms with Crippen LogP contribution in [0.2, 0.25) is 0 Å². The van der Waals surface area contributed by atoms with Crippen LogP contribution in [0.25, 0.3) is 0 Å². The van der Waals surface area contributed by atoms with Crippen molar-refractivity contribution in [1.29, 1.82) is 0 Å². The maximum absolute atomic E-state index is 11.7. The van der Waals surface area contributed by atoms with E-state index in [2.05, 4.69) is 10.2 Å². The number of carbonyl (C=O) groups excluding carboxylic acids is 1. The van der Waals surface area contributed by atoms with Crippen LogP contribution in [0.3, 0.4) is 0 Å². The molecule has 2 heterocycles. The number of nitrogen functional groups attached to an aromatic ring is 1. The smallest absolute Gasteiger partial charge is 0.312 e. The highest BCUT2D eigenvalue weighted by Crippen LogP contribution is 2.11. The topological polar surface area (TPSA) is 85.2 Å². The molecule has 0 atom stereocenters. The number of amides is 1. The zero-order chi connectivity index (χ0) is 10.7. The zero-order valence-corrected chi connectivity index (χ0v) is 8.48. The van der Waals surface area contributed by atoms with Crippen molar-refractivity contribution in [2.45, 2.75) is 25.7 Å². The van der Waals surface area contributed by atoms with E-state index in [4.69, 9.17) is 10.2 Å². The number of likely N-dealkylation sites (tertiary alicyclic amines) is 1. The van der Waals surface area contributed by atoms with E-state index in [1.807, 2.05) is 4.90 Å². The molecule has 1 aromatic heterocycles. The summed E-state index contributed by atoms with van der Waals surface area (Å²) in [5, 5.41) is 7.17. The highest BCUT2D eigenvalue weighted by molar-refractivity contribution is 5.77. The zero-order valence-electron chi connectivity index (χ0n) is 8.48. The third kappa shape index (κ3) is 2.45. The number of anilines is 1. The molecule has 2 N–H and O–H groups in total. The minimum Gasteiger partial charge on any atom is -0.408 e. The van der Waals surface area contributed by atoms with Gasteiger partial charge < -0.3 is 15.1 Å². The van der Waals surface area contributed by atoms with Crippen molar-refractivity contribution in [1.82, 2.24) is 15.1 Å². The van der Waals surface area contributed by atoms with E-state index in [0.29, 0.717) is 5.89 Å². The first-order chi connectivity index (χ1) is 7.25. The average molecular weight is 210 g/mol. The molecule has 1 aliphatic heterocycles. The SMILES string of the molecule is Nc1nnc(CC(=O)N2CCCCC2)o1. The summed E-state index contributed by atoms with van der Waals surface area (Å²) >= 11 is 0. The Morgan fingerprint density at radius 2 is 2.07 bits per heavy atom. The molecule has 1 aromatic rings. The van der Waals surface area contributed by atoms with Gasteiger partial charge in [-0.25, -0.2) is 0 Å². The summed E-state index contributed by atoms with van der Waals surface area (Å²) in [6, 6.07) is 0.0106. The van der Waals surface area contributed by atoms with Crippen molar-refractivity contribution < 1.29 is 9.21 Å². The molecule has 1 amide bonds. The largest absolute Gasteiger partial charge is 0.408 e. The molecule has 1 saturated heterocycles. The molecular weight excluding hydrogens is 196 g/mol. The van der Waals surface area contributed by atoms with Crippen LogP contribution < -0.4 is 5.73 Å². The Labute approximate surface area is 87.4 Å². The van der Waals surface area contributed by atoms with Crippen LogP contribution >= 0.6 is 0 Å². The van der Waals surface area contributed by atoms with E-state index in [9.17, 15) is 4.79 Å². The van der Waals surface area contributed by atoms with Gasteiger partial charge in [-0.05, 0) is 19.3 Å². The molecule has 1 aliphatic rings. The maximum Gasteiger partial charge on any atom is 0.312 e. The number of carbonyl (C=O) groups is 1. The fraction of sp³-hybridized carbons (Fsp3) is 0.667. The lowest BCUT2D eigenvalue weighted by atomic mass is 10.1. The van der Waals surface area contributed by atoms with Gasteiger partial charge in [0.25, 0.3) is 0 Å². The predicted molar refractivity (Wildman–Crippen MR) is 52.8 cm³/mol. The molecule has 0 bridgehead atoms. The second kappa shape index (κ2) is 4.29. The van der Waals surface area contributed by atoms with E-state index in [-0.39, 0.29) is 18.3 Å². The number of nitrogens with zero attached hydrogens (tertiary/aromatic N) is 3. The van der Waals surface area contributed by atoms with Crippen molar-refractivity contribution in [3.63, 3.8) is 0 Å². The number of nitrogens with two attached hydrogens (primary N) is 1. The summed E-state index contributed by atoms with van der Waals surface area (Å²) < 4.78 is 4.95. The van der Waals surface area contributed by atoms with E-state index in [1.54, 1.807) is 0 Å². The van der Waals surface area contributed by atoms with E-state index < -0.39 is 0 Å². The van der Waals surface area contributed by atoms with Gasteiger partial charge in [0.05, 0.1) is 0 Å². The number of hydrogen-bond donors (Lipinski definition) is 1. The lowest BCUT2D eigenvalue weighted by Crippen LogP contribution is -2.36. The summed E-state index contributed by atoms with van der Waals surface area (Å²) in [5.41, 5.74) is 5.27. The number of hydrogen-bond acceptors (Lipinski definition) is 5. The van der Waals surface area contributed by atoms with E-state index in [0.717, 1.165) is 25.9 Å². The minimum atomic E-state index is 0.0106. The molecule has 6 nitrogen and oxygen atoms in total. The first kappa shape index (κ1) is 9.95. The molecule has 0 aliphatic carbocycles. The van der Waals surface area contributed by atoms with Gasteiger partial charge in [0, 0.05) is 13.1 Å². The Kier molecular flexibility index (Phi) is 2.84. The fourth-order valence-electron chi connectivity index (χ4n) is 1.72. The molecule has 6 heteroatoms. The Balaban J connectivity index is 1.91. The first-order valence-corrected chi connectivity index (χ1v) is 5.11. The van der Waals surface area contributed by atoms with E-state index >= 15 is 0 Å². The second-order valence-corrected chi connectivity index (χ2v) is 3.65. The highest BCUT2D eigenvalue weighted by Gasteiger charge is 2.18. The summed E-state index contributed by atoms with van der Waals surface area (Å²) in [6.07, 6.45) is 3.52. The fourth-order valence-corrected chi connectivity index (χ4v) is 1.72. The van der Waals surface area contributed by atoms with Crippen molar-refractivity contribution in [3.05, 3.63) is 5.89 Å². The Bertz CT molecular complexity index is 344. The normalized spacial score (nSPS) is 16.7. The van der Waals surface area contributed by atoms with Crippen LogP contribution in [-0.4, -0.2) is 34.1 Å². The van der Waals surface area contributed by atoms with Crippen molar-refractivity contribution in [2.75, 3.05) is 18.8 Å². The van der Waals surface area contributed by atoms with Crippen LogP contribution in [0, 0.1) is 0 Å². The molecular formula is C9H14N4O2. The van der Waals surface area contributed by atoms with Crippen LogP contribution in [0.5, 0.6) is 0 Å². The molecule has 0 radical (unpaired) electrons. The molecule has 15 heavy (non-hydrogen) atoms. The molecule has 1 fully saturated rings. The van der Waals surface area contributed by atoms with Crippen molar-refractivity contribution >= 4 is 11.9 Å². The van der Waals surface area contributed by atoms with Gasteiger partial charge in [-0.2, -0.15) is 0 Å². The minimum absolute atomic E-state index is 0.0106. The van der Waals surface area contributed by atoms with Crippen LogP contribution in [-0.2, 0) is 11.2 Å². The third-order valence-corrected chi connectivity index (χ3v) is 2.49.